The van der Waals surface area contributed by atoms with E-state index in [-0.39, 0.29) is 17.1 Å². The molecule has 0 spiro atoms. The Morgan fingerprint density at radius 3 is 1.96 bits per heavy atom. The van der Waals surface area contributed by atoms with Gasteiger partial charge in [-0.15, -0.1) is 0 Å². The van der Waals surface area contributed by atoms with Crippen LogP contribution in [0.15, 0.2) is 65.7 Å². The molecule has 0 bridgehead atoms. The molecule has 0 saturated heterocycles. The summed E-state index contributed by atoms with van der Waals surface area (Å²) in [5, 5.41) is 22.3. The molecule has 7 nitrogen and oxygen atoms in total. The maximum Gasteiger partial charge on any atom is 0.278 e. The van der Waals surface area contributed by atoms with Crippen LogP contribution in [0.5, 0.6) is 0 Å². The van der Waals surface area contributed by atoms with Crippen LogP contribution in [0.25, 0.3) is 11.1 Å². The van der Waals surface area contributed by atoms with Crippen molar-refractivity contribution < 1.29 is 9.85 Å². The number of nitro groups is 2. The standard InChI is InChI=1S/C20H13N3O4/c1-12-6-7-17-16-4-2-3-5-18(16)20(19(17)8-12)21-13-9-14(22(24)25)11-15(10-13)23(26)27/h2-11H,1H3. The van der Waals surface area contributed by atoms with Crippen LogP contribution >= 0.6 is 0 Å². The van der Waals surface area contributed by atoms with Gasteiger partial charge in [-0.25, -0.2) is 4.99 Å². The first-order valence-corrected chi connectivity index (χ1v) is 8.17. The number of rotatable bonds is 3. The van der Waals surface area contributed by atoms with Gasteiger partial charge < -0.3 is 0 Å². The quantitative estimate of drug-likeness (QED) is 0.381. The maximum atomic E-state index is 11.1. The van der Waals surface area contributed by atoms with E-state index in [4.69, 9.17) is 0 Å². The molecule has 0 aromatic heterocycles. The third kappa shape index (κ3) is 2.85. The summed E-state index contributed by atoms with van der Waals surface area (Å²) in [5.74, 6) is 0. The van der Waals surface area contributed by atoms with Crippen LogP contribution in [0.2, 0.25) is 0 Å². The molecule has 132 valence electrons. The van der Waals surface area contributed by atoms with Crippen molar-refractivity contribution in [2.45, 2.75) is 6.92 Å². The molecule has 0 amide bonds. The molecule has 0 unspecified atom stereocenters. The minimum atomic E-state index is -0.655. The number of aryl methyl sites for hydroxylation is 1. The van der Waals surface area contributed by atoms with Crippen molar-refractivity contribution in [1.82, 2.24) is 0 Å². The zero-order valence-electron chi connectivity index (χ0n) is 14.2. The van der Waals surface area contributed by atoms with Crippen molar-refractivity contribution in [3.8, 4) is 11.1 Å². The minimum absolute atomic E-state index is 0.176. The Hall–Kier alpha value is -3.87. The molecule has 0 heterocycles. The summed E-state index contributed by atoms with van der Waals surface area (Å²) in [4.78, 5) is 25.5. The number of nitrogens with zero attached hydrogens (tertiary/aromatic N) is 3. The number of hydrogen-bond acceptors (Lipinski definition) is 5. The lowest BCUT2D eigenvalue weighted by molar-refractivity contribution is -0.394. The average Bonchev–Trinajstić information content (AvgIpc) is 2.94. The van der Waals surface area contributed by atoms with E-state index in [1.165, 1.54) is 12.1 Å². The molecule has 0 fully saturated rings. The number of fused-ring (bicyclic) bond motifs is 3. The number of hydrogen-bond donors (Lipinski definition) is 0. The van der Waals surface area contributed by atoms with E-state index in [1.54, 1.807) is 0 Å². The van der Waals surface area contributed by atoms with Crippen molar-refractivity contribution in [1.29, 1.82) is 0 Å². The highest BCUT2D eigenvalue weighted by molar-refractivity contribution is 6.25. The molecular weight excluding hydrogens is 346 g/mol. The van der Waals surface area contributed by atoms with Gasteiger partial charge in [0, 0.05) is 23.3 Å². The first-order valence-electron chi connectivity index (χ1n) is 8.17. The first-order chi connectivity index (χ1) is 12.9. The lowest BCUT2D eigenvalue weighted by atomic mass is 10.0. The van der Waals surface area contributed by atoms with Gasteiger partial charge in [-0.05, 0) is 24.1 Å². The van der Waals surface area contributed by atoms with E-state index in [1.807, 2.05) is 49.4 Å². The number of nitro benzene ring substituents is 2. The molecule has 0 saturated carbocycles. The highest BCUT2D eigenvalue weighted by Crippen LogP contribution is 2.39. The molecule has 0 N–H and O–H groups in total. The summed E-state index contributed by atoms with van der Waals surface area (Å²) in [7, 11) is 0. The van der Waals surface area contributed by atoms with Gasteiger partial charge in [0.2, 0.25) is 0 Å². The fourth-order valence-electron chi connectivity index (χ4n) is 3.26. The van der Waals surface area contributed by atoms with Gasteiger partial charge >= 0.3 is 0 Å². The van der Waals surface area contributed by atoms with Gasteiger partial charge in [0.05, 0.1) is 27.3 Å². The smallest absolute Gasteiger partial charge is 0.258 e. The third-order valence-electron chi connectivity index (χ3n) is 4.45. The van der Waals surface area contributed by atoms with Crippen molar-refractivity contribution >= 4 is 22.8 Å². The summed E-state index contributed by atoms with van der Waals surface area (Å²) in [5.41, 5.74) is 5.01. The first kappa shape index (κ1) is 16.6. The zero-order chi connectivity index (χ0) is 19.1. The van der Waals surface area contributed by atoms with Crippen LogP contribution < -0.4 is 0 Å². The molecular formula is C20H13N3O4. The second-order valence-electron chi connectivity index (χ2n) is 6.28. The van der Waals surface area contributed by atoms with Crippen molar-refractivity contribution in [3.63, 3.8) is 0 Å². The topological polar surface area (TPSA) is 98.6 Å². The van der Waals surface area contributed by atoms with E-state index in [9.17, 15) is 20.2 Å². The van der Waals surface area contributed by atoms with Gasteiger partial charge in [-0.2, -0.15) is 0 Å². The van der Waals surface area contributed by atoms with Crippen LogP contribution in [-0.4, -0.2) is 15.6 Å². The molecule has 3 aromatic rings. The fourth-order valence-corrected chi connectivity index (χ4v) is 3.26. The molecule has 0 radical (unpaired) electrons. The van der Waals surface area contributed by atoms with Gasteiger partial charge in [-0.3, -0.25) is 20.2 Å². The summed E-state index contributed by atoms with van der Waals surface area (Å²) >= 11 is 0. The Bertz CT molecular complexity index is 1120. The second-order valence-corrected chi connectivity index (χ2v) is 6.28. The number of aliphatic imine (C=N–C) groups is 1. The van der Waals surface area contributed by atoms with Crippen molar-refractivity contribution in [3.05, 3.63) is 97.6 Å². The van der Waals surface area contributed by atoms with E-state index in [0.29, 0.717) is 5.71 Å². The molecule has 1 aliphatic rings. The lowest BCUT2D eigenvalue weighted by Crippen LogP contribution is -1.98. The highest BCUT2D eigenvalue weighted by Gasteiger charge is 2.25. The summed E-state index contributed by atoms with van der Waals surface area (Å²) in [6.07, 6.45) is 0. The second kappa shape index (κ2) is 6.14. The predicted octanol–water partition coefficient (Wildman–Crippen LogP) is 4.96. The monoisotopic (exact) mass is 359 g/mol. The predicted molar refractivity (Wildman–Crippen MR) is 102 cm³/mol. The van der Waals surface area contributed by atoms with Crippen molar-refractivity contribution in [2.75, 3.05) is 0 Å². The van der Waals surface area contributed by atoms with Crippen LogP contribution in [0, 0.1) is 27.2 Å². The van der Waals surface area contributed by atoms with E-state index >= 15 is 0 Å². The van der Waals surface area contributed by atoms with Gasteiger partial charge in [0.1, 0.15) is 0 Å². The molecule has 7 heteroatoms. The Morgan fingerprint density at radius 2 is 1.33 bits per heavy atom. The molecule has 3 aromatic carbocycles. The molecule has 0 aliphatic heterocycles. The average molecular weight is 359 g/mol. The van der Waals surface area contributed by atoms with Crippen LogP contribution in [0.3, 0.4) is 0 Å². The highest BCUT2D eigenvalue weighted by atomic mass is 16.6. The molecule has 1 aliphatic carbocycles. The van der Waals surface area contributed by atoms with Gasteiger partial charge in [0.25, 0.3) is 11.4 Å². The fraction of sp³-hybridized carbons (Fsp3) is 0.0500. The van der Waals surface area contributed by atoms with E-state index in [2.05, 4.69) is 4.99 Å². The molecule has 4 rings (SSSR count). The summed E-state index contributed by atoms with van der Waals surface area (Å²) < 4.78 is 0. The SMILES string of the molecule is Cc1ccc2c(c1)C(=Nc1cc([N+](=O)[O-])cc([N+](=O)[O-])c1)c1ccccc1-2. The Morgan fingerprint density at radius 1 is 0.741 bits per heavy atom. The number of non-ortho nitro benzene ring substituents is 2. The van der Waals surface area contributed by atoms with Gasteiger partial charge in [0.15, 0.2) is 0 Å². The normalized spacial score (nSPS) is 13.3. The van der Waals surface area contributed by atoms with Crippen LogP contribution in [0.4, 0.5) is 17.1 Å². The summed E-state index contributed by atoms with van der Waals surface area (Å²) in [6.45, 7) is 1.97. The largest absolute Gasteiger partial charge is 0.278 e. The van der Waals surface area contributed by atoms with Crippen LogP contribution in [-0.2, 0) is 0 Å². The lowest BCUT2D eigenvalue weighted by Gasteiger charge is -2.04. The van der Waals surface area contributed by atoms with E-state index < -0.39 is 9.85 Å². The summed E-state index contributed by atoms with van der Waals surface area (Å²) in [6, 6.07) is 17.2. The zero-order valence-corrected chi connectivity index (χ0v) is 14.2. The Kier molecular flexibility index (Phi) is 3.77. The minimum Gasteiger partial charge on any atom is -0.258 e. The van der Waals surface area contributed by atoms with E-state index in [0.717, 1.165) is 33.9 Å². The molecule has 27 heavy (non-hydrogen) atoms. The Labute approximate surface area is 153 Å². The maximum absolute atomic E-state index is 11.1. The van der Waals surface area contributed by atoms with Crippen LogP contribution in [0.1, 0.15) is 16.7 Å². The molecule has 0 atom stereocenters. The van der Waals surface area contributed by atoms with Crippen molar-refractivity contribution in [2.24, 2.45) is 4.99 Å². The third-order valence-corrected chi connectivity index (χ3v) is 4.45. The van der Waals surface area contributed by atoms with Gasteiger partial charge in [-0.1, -0.05) is 42.0 Å². The number of benzene rings is 3. The Balaban J connectivity index is 1.96.